The predicted molar refractivity (Wildman–Crippen MR) is 67.1 cm³/mol. The summed E-state index contributed by atoms with van der Waals surface area (Å²) in [5.41, 5.74) is 6.78. The van der Waals surface area contributed by atoms with Crippen LogP contribution >= 0.6 is 0 Å². The third-order valence-corrected chi connectivity index (χ3v) is 4.55. The molecule has 5 heteroatoms. The smallest absolute Gasteiger partial charge is 0.178 e. The Kier molecular flexibility index (Phi) is 4.53. The molecule has 0 spiro atoms. The monoisotopic (exact) mass is 252 g/mol. The number of anilines is 1. The molecule has 1 aromatic carbocycles. The summed E-state index contributed by atoms with van der Waals surface area (Å²) in [4.78, 5) is 0.300. The highest BCUT2D eigenvalue weighted by Gasteiger charge is 2.17. The van der Waals surface area contributed by atoms with Gasteiger partial charge in [0.2, 0.25) is 0 Å². The van der Waals surface area contributed by atoms with Gasteiger partial charge in [0.05, 0.1) is 16.7 Å². The van der Waals surface area contributed by atoms with Gasteiger partial charge < -0.3 is 5.73 Å². The van der Waals surface area contributed by atoms with Gasteiger partial charge in [-0.3, -0.25) is 0 Å². The zero-order valence-electron chi connectivity index (χ0n) is 9.81. The van der Waals surface area contributed by atoms with Crippen molar-refractivity contribution in [3.05, 3.63) is 23.8 Å². The third kappa shape index (κ3) is 3.46. The van der Waals surface area contributed by atoms with E-state index in [2.05, 4.69) is 0 Å². The summed E-state index contributed by atoms with van der Waals surface area (Å²) in [5, 5.41) is 8.38. The molecule has 92 valence electrons. The Morgan fingerprint density at radius 1 is 1.35 bits per heavy atom. The molecular weight excluding hydrogens is 236 g/mol. The first kappa shape index (κ1) is 13.5. The second-order valence-corrected chi connectivity index (χ2v) is 5.98. The third-order valence-electron chi connectivity index (χ3n) is 2.61. The molecule has 0 amide bonds. The van der Waals surface area contributed by atoms with Crippen LogP contribution in [0.25, 0.3) is 0 Å². The standard InChI is InChI=1S/C12H16N2O2S/c1-10-11(14)6-5-7-12(10)17(15,16)9-4-2-3-8-13/h5-7H,2-4,9,14H2,1H3. The highest BCUT2D eigenvalue weighted by Crippen LogP contribution is 2.22. The van der Waals surface area contributed by atoms with Crippen molar-refractivity contribution < 1.29 is 8.42 Å². The molecule has 1 aromatic rings. The van der Waals surface area contributed by atoms with Gasteiger partial charge in [-0.05, 0) is 37.5 Å². The van der Waals surface area contributed by atoms with Crippen LogP contribution in [-0.2, 0) is 9.84 Å². The van der Waals surface area contributed by atoms with Crippen molar-refractivity contribution in [2.75, 3.05) is 11.5 Å². The minimum atomic E-state index is -3.28. The van der Waals surface area contributed by atoms with Gasteiger partial charge in [0.25, 0.3) is 0 Å². The number of nitriles is 1. The lowest BCUT2D eigenvalue weighted by Gasteiger charge is -2.09. The molecule has 0 aliphatic carbocycles. The van der Waals surface area contributed by atoms with Crippen molar-refractivity contribution in [3.8, 4) is 6.07 Å². The first-order valence-corrected chi connectivity index (χ1v) is 7.09. The Labute approximate surface area is 102 Å². The van der Waals surface area contributed by atoms with Crippen molar-refractivity contribution in [3.63, 3.8) is 0 Å². The summed E-state index contributed by atoms with van der Waals surface area (Å²) in [6.45, 7) is 1.71. The highest BCUT2D eigenvalue weighted by atomic mass is 32.2. The molecule has 0 fully saturated rings. The molecule has 0 atom stereocenters. The Balaban J connectivity index is 2.84. The summed E-state index contributed by atoms with van der Waals surface area (Å²) >= 11 is 0. The predicted octanol–water partition coefficient (Wildman–Crippen LogP) is 2.04. The summed E-state index contributed by atoms with van der Waals surface area (Å²) < 4.78 is 24.1. The van der Waals surface area contributed by atoms with Crippen molar-refractivity contribution in [2.24, 2.45) is 0 Å². The average molecular weight is 252 g/mol. The van der Waals surface area contributed by atoms with Crippen LogP contribution in [0.5, 0.6) is 0 Å². The van der Waals surface area contributed by atoms with Gasteiger partial charge in [0.1, 0.15) is 0 Å². The lowest BCUT2D eigenvalue weighted by atomic mass is 10.2. The van der Waals surface area contributed by atoms with Gasteiger partial charge in [-0.1, -0.05) is 6.07 Å². The molecule has 0 unspecified atom stereocenters. The van der Waals surface area contributed by atoms with Crippen LogP contribution in [-0.4, -0.2) is 14.2 Å². The van der Waals surface area contributed by atoms with E-state index in [1.807, 2.05) is 6.07 Å². The van der Waals surface area contributed by atoms with Crippen molar-refractivity contribution in [1.29, 1.82) is 5.26 Å². The van der Waals surface area contributed by atoms with E-state index in [9.17, 15) is 8.42 Å². The lowest BCUT2D eigenvalue weighted by molar-refractivity contribution is 0.591. The van der Waals surface area contributed by atoms with Crippen LogP contribution in [0.2, 0.25) is 0 Å². The Morgan fingerprint density at radius 2 is 2.06 bits per heavy atom. The normalized spacial score (nSPS) is 11.1. The van der Waals surface area contributed by atoms with Gasteiger partial charge in [0.15, 0.2) is 9.84 Å². The first-order chi connectivity index (χ1) is 7.99. The van der Waals surface area contributed by atoms with Crippen LogP contribution in [0.15, 0.2) is 23.1 Å². The molecule has 2 N–H and O–H groups in total. The number of nitrogen functional groups attached to an aromatic ring is 1. The fourth-order valence-electron chi connectivity index (χ4n) is 1.57. The Bertz CT molecular complexity index is 530. The molecule has 0 radical (unpaired) electrons. The topological polar surface area (TPSA) is 84.0 Å². The minimum Gasteiger partial charge on any atom is -0.398 e. The van der Waals surface area contributed by atoms with Gasteiger partial charge >= 0.3 is 0 Å². The minimum absolute atomic E-state index is 0.0684. The second kappa shape index (κ2) is 5.69. The van der Waals surface area contributed by atoms with Gasteiger partial charge in [-0.2, -0.15) is 5.26 Å². The number of benzene rings is 1. The van der Waals surface area contributed by atoms with E-state index in [0.717, 1.165) is 0 Å². The fraction of sp³-hybridized carbons (Fsp3) is 0.417. The molecule has 0 saturated heterocycles. The molecular formula is C12H16N2O2S. The maximum absolute atomic E-state index is 12.0. The van der Waals surface area contributed by atoms with Gasteiger partial charge in [-0.25, -0.2) is 8.42 Å². The molecule has 0 aliphatic rings. The van der Waals surface area contributed by atoms with E-state index in [1.54, 1.807) is 25.1 Å². The van der Waals surface area contributed by atoms with E-state index in [4.69, 9.17) is 11.0 Å². The fourth-order valence-corrected chi connectivity index (χ4v) is 3.25. The molecule has 0 bridgehead atoms. The van der Waals surface area contributed by atoms with E-state index in [1.165, 1.54) is 0 Å². The SMILES string of the molecule is Cc1c(N)cccc1S(=O)(=O)CCCCC#N. The number of sulfone groups is 1. The number of hydrogen-bond acceptors (Lipinski definition) is 4. The second-order valence-electron chi connectivity index (χ2n) is 3.90. The number of unbranched alkanes of at least 4 members (excludes halogenated alkanes) is 2. The molecule has 17 heavy (non-hydrogen) atoms. The van der Waals surface area contributed by atoms with Crippen LogP contribution in [0, 0.1) is 18.3 Å². The Hall–Kier alpha value is -1.54. The van der Waals surface area contributed by atoms with Crippen molar-refractivity contribution in [1.82, 2.24) is 0 Å². The van der Waals surface area contributed by atoms with Crippen LogP contribution in [0.3, 0.4) is 0 Å². The zero-order chi connectivity index (χ0) is 12.9. The summed E-state index contributed by atoms with van der Waals surface area (Å²) in [6, 6.07) is 6.90. The lowest BCUT2D eigenvalue weighted by Crippen LogP contribution is -2.09. The van der Waals surface area contributed by atoms with E-state index >= 15 is 0 Å². The largest absolute Gasteiger partial charge is 0.398 e. The molecule has 0 aliphatic heterocycles. The maximum atomic E-state index is 12.0. The van der Waals surface area contributed by atoms with E-state index in [0.29, 0.717) is 35.4 Å². The average Bonchev–Trinajstić information content (AvgIpc) is 2.28. The van der Waals surface area contributed by atoms with Crippen LogP contribution < -0.4 is 5.73 Å². The quantitative estimate of drug-likeness (QED) is 0.642. The van der Waals surface area contributed by atoms with Crippen molar-refractivity contribution in [2.45, 2.75) is 31.1 Å². The van der Waals surface area contributed by atoms with Gasteiger partial charge in [-0.15, -0.1) is 0 Å². The highest BCUT2D eigenvalue weighted by molar-refractivity contribution is 7.91. The molecule has 0 heterocycles. The number of nitrogens with two attached hydrogens (primary N) is 1. The van der Waals surface area contributed by atoms with Gasteiger partial charge in [0, 0.05) is 12.1 Å². The summed E-state index contributed by atoms with van der Waals surface area (Å²) in [6.07, 6.45) is 1.51. The number of rotatable bonds is 5. The Morgan fingerprint density at radius 3 is 2.71 bits per heavy atom. The van der Waals surface area contributed by atoms with E-state index in [-0.39, 0.29) is 5.75 Å². The first-order valence-electron chi connectivity index (χ1n) is 5.44. The van der Waals surface area contributed by atoms with Crippen molar-refractivity contribution >= 4 is 15.5 Å². The maximum Gasteiger partial charge on any atom is 0.178 e. The van der Waals surface area contributed by atoms with E-state index < -0.39 is 9.84 Å². The number of hydrogen-bond donors (Lipinski definition) is 1. The summed E-state index contributed by atoms with van der Waals surface area (Å²) in [7, 11) is -3.28. The van der Waals surface area contributed by atoms with Crippen LogP contribution in [0.4, 0.5) is 5.69 Å². The molecule has 1 rings (SSSR count). The van der Waals surface area contributed by atoms with Crippen LogP contribution in [0.1, 0.15) is 24.8 Å². The molecule has 0 aromatic heterocycles. The number of nitrogens with zero attached hydrogens (tertiary/aromatic N) is 1. The molecule has 4 nitrogen and oxygen atoms in total. The summed E-state index contributed by atoms with van der Waals surface area (Å²) in [5.74, 6) is 0.0684. The zero-order valence-corrected chi connectivity index (χ0v) is 10.6. The molecule has 0 saturated carbocycles.